The molecule has 5 heteroatoms. The summed E-state index contributed by atoms with van der Waals surface area (Å²) in [6, 6.07) is 7.54. The number of para-hydroxylation sites is 1. The SMILES string of the molecule is CCOC(=O)c1ccccc1NC(=O)C[NH+](C)C1CCCCC1. The number of anilines is 1. The Morgan fingerprint density at radius 2 is 1.91 bits per heavy atom. The maximum Gasteiger partial charge on any atom is 0.340 e. The first kappa shape index (κ1) is 17.5. The molecule has 0 aromatic heterocycles. The third kappa shape index (κ3) is 5.06. The summed E-state index contributed by atoms with van der Waals surface area (Å²) >= 11 is 0. The minimum atomic E-state index is -0.406. The lowest BCUT2D eigenvalue weighted by atomic mass is 9.94. The Kier molecular flexibility index (Phi) is 6.59. The average molecular weight is 319 g/mol. The molecule has 0 bridgehead atoms. The number of amides is 1. The van der Waals surface area contributed by atoms with Crippen LogP contribution < -0.4 is 10.2 Å². The van der Waals surface area contributed by atoms with E-state index in [0.29, 0.717) is 30.4 Å². The van der Waals surface area contributed by atoms with E-state index in [1.807, 2.05) is 0 Å². The molecule has 23 heavy (non-hydrogen) atoms. The minimum absolute atomic E-state index is 0.0650. The van der Waals surface area contributed by atoms with Gasteiger partial charge in [-0.05, 0) is 44.7 Å². The summed E-state index contributed by atoms with van der Waals surface area (Å²) in [6.07, 6.45) is 6.21. The minimum Gasteiger partial charge on any atom is -0.462 e. The van der Waals surface area contributed by atoms with Crippen molar-refractivity contribution in [2.75, 3.05) is 25.5 Å². The van der Waals surface area contributed by atoms with Crippen LogP contribution in [0.5, 0.6) is 0 Å². The van der Waals surface area contributed by atoms with Crippen molar-refractivity contribution in [3.8, 4) is 0 Å². The van der Waals surface area contributed by atoms with E-state index in [1.165, 1.54) is 37.0 Å². The number of carbonyl (C=O) groups excluding carboxylic acids is 2. The molecule has 5 nitrogen and oxygen atoms in total. The first-order chi connectivity index (χ1) is 11.1. The molecular formula is C18H27N2O3+. The van der Waals surface area contributed by atoms with E-state index in [4.69, 9.17) is 4.74 Å². The summed E-state index contributed by atoms with van der Waals surface area (Å²) in [5, 5.41) is 2.86. The smallest absolute Gasteiger partial charge is 0.340 e. The van der Waals surface area contributed by atoms with Crippen LogP contribution in [-0.4, -0.2) is 38.1 Å². The van der Waals surface area contributed by atoms with Crippen LogP contribution in [-0.2, 0) is 9.53 Å². The zero-order valence-electron chi connectivity index (χ0n) is 14.1. The molecule has 1 atom stereocenters. The van der Waals surface area contributed by atoms with Crippen LogP contribution >= 0.6 is 0 Å². The Labute approximate surface area is 138 Å². The lowest BCUT2D eigenvalue weighted by Crippen LogP contribution is -3.14. The number of ether oxygens (including phenoxy) is 1. The van der Waals surface area contributed by atoms with Gasteiger partial charge in [-0.15, -0.1) is 0 Å². The van der Waals surface area contributed by atoms with Crippen molar-refractivity contribution in [2.45, 2.75) is 45.1 Å². The molecule has 126 valence electrons. The number of likely N-dealkylation sites (N-methyl/N-ethyl adjacent to an activating group) is 1. The number of nitrogens with one attached hydrogen (secondary N) is 2. The summed E-state index contributed by atoms with van der Waals surface area (Å²) in [4.78, 5) is 25.5. The standard InChI is InChI=1S/C18H26N2O3/c1-3-23-18(22)15-11-7-8-12-16(15)19-17(21)13-20(2)14-9-5-4-6-10-14/h7-8,11-12,14H,3-6,9-10,13H2,1-2H3,(H,19,21)/p+1. The van der Waals surface area contributed by atoms with Gasteiger partial charge < -0.3 is 15.0 Å². The van der Waals surface area contributed by atoms with Crippen LogP contribution in [0, 0.1) is 0 Å². The van der Waals surface area contributed by atoms with E-state index in [1.54, 1.807) is 31.2 Å². The zero-order valence-corrected chi connectivity index (χ0v) is 14.1. The Morgan fingerprint density at radius 1 is 1.22 bits per heavy atom. The van der Waals surface area contributed by atoms with E-state index in [0.717, 1.165) is 0 Å². The first-order valence-corrected chi connectivity index (χ1v) is 8.50. The fraction of sp³-hybridized carbons (Fsp3) is 0.556. The fourth-order valence-corrected chi connectivity index (χ4v) is 3.17. The Balaban J connectivity index is 1.95. The van der Waals surface area contributed by atoms with E-state index < -0.39 is 5.97 Å². The first-order valence-electron chi connectivity index (χ1n) is 8.50. The average Bonchev–Trinajstić information content (AvgIpc) is 2.56. The number of carbonyl (C=O) groups is 2. The molecule has 0 aliphatic heterocycles. The van der Waals surface area contributed by atoms with Gasteiger partial charge in [0.2, 0.25) is 0 Å². The summed E-state index contributed by atoms with van der Waals surface area (Å²) in [6.45, 7) is 2.50. The number of benzene rings is 1. The molecule has 1 amide bonds. The second kappa shape index (κ2) is 8.67. The topological polar surface area (TPSA) is 59.8 Å². The van der Waals surface area contributed by atoms with Gasteiger partial charge in [0.05, 0.1) is 30.9 Å². The van der Waals surface area contributed by atoms with Crippen molar-refractivity contribution >= 4 is 17.6 Å². The van der Waals surface area contributed by atoms with Gasteiger partial charge in [0, 0.05) is 0 Å². The van der Waals surface area contributed by atoms with Gasteiger partial charge in [-0.1, -0.05) is 18.6 Å². The highest BCUT2D eigenvalue weighted by atomic mass is 16.5. The number of hydrogen-bond donors (Lipinski definition) is 2. The normalized spacial score (nSPS) is 16.6. The van der Waals surface area contributed by atoms with Crippen LogP contribution in [0.25, 0.3) is 0 Å². The molecule has 1 aliphatic carbocycles. The van der Waals surface area contributed by atoms with Crippen molar-refractivity contribution in [1.82, 2.24) is 0 Å². The lowest BCUT2D eigenvalue weighted by molar-refractivity contribution is -0.899. The van der Waals surface area contributed by atoms with Crippen LogP contribution in [0.4, 0.5) is 5.69 Å². The second-order valence-corrected chi connectivity index (χ2v) is 6.17. The highest BCUT2D eigenvalue weighted by molar-refractivity contribution is 6.01. The molecule has 1 unspecified atom stereocenters. The monoisotopic (exact) mass is 319 g/mol. The van der Waals surface area contributed by atoms with Gasteiger partial charge >= 0.3 is 5.97 Å². The Hall–Kier alpha value is -1.88. The van der Waals surface area contributed by atoms with Gasteiger partial charge in [0.15, 0.2) is 6.54 Å². The summed E-state index contributed by atoms with van der Waals surface area (Å²) in [5.41, 5.74) is 0.922. The maximum absolute atomic E-state index is 12.3. The highest BCUT2D eigenvalue weighted by Crippen LogP contribution is 2.17. The third-order valence-electron chi connectivity index (χ3n) is 4.44. The second-order valence-electron chi connectivity index (χ2n) is 6.17. The zero-order chi connectivity index (χ0) is 16.7. The predicted octanol–water partition coefficient (Wildman–Crippen LogP) is 1.65. The van der Waals surface area contributed by atoms with Crippen LogP contribution in [0.3, 0.4) is 0 Å². The lowest BCUT2D eigenvalue weighted by Gasteiger charge is -2.27. The van der Waals surface area contributed by atoms with Gasteiger partial charge in [0.25, 0.3) is 5.91 Å². The molecule has 1 fully saturated rings. The van der Waals surface area contributed by atoms with Crippen molar-refractivity contribution in [3.05, 3.63) is 29.8 Å². The predicted molar refractivity (Wildman–Crippen MR) is 89.7 cm³/mol. The van der Waals surface area contributed by atoms with Crippen molar-refractivity contribution in [3.63, 3.8) is 0 Å². The summed E-state index contributed by atoms with van der Waals surface area (Å²) < 4.78 is 5.03. The summed E-state index contributed by atoms with van der Waals surface area (Å²) in [7, 11) is 2.08. The molecular weight excluding hydrogens is 292 g/mol. The Morgan fingerprint density at radius 3 is 2.61 bits per heavy atom. The van der Waals surface area contributed by atoms with Gasteiger partial charge in [-0.25, -0.2) is 4.79 Å². The van der Waals surface area contributed by atoms with E-state index in [2.05, 4.69) is 12.4 Å². The third-order valence-corrected chi connectivity index (χ3v) is 4.44. The van der Waals surface area contributed by atoms with Crippen molar-refractivity contribution in [1.29, 1.82) is 0 Å². The fourth-order valence-electron chi connectivity index (χ4n) is 3.17. The largest absolute Gasteiger partial charge is 0.462 e. The maximum atomic E-state index is 12.3. The Bertz CT molecular complexity index is 539. The summed E-state index contributed by atoms with van der Waals surface area (Å²) in [5.74, 6) is -0.471. The number of rotatable bonds is 6. The van der Waals surface area contributed by atoms with Crippen molar-refractivity contribution in [2.24, 2.45) is 0 Å². The van der Waals surface area contributed by atoms with E-state index >= 15 is 0 Å². The molecule has 0 saturated heterocycles. The molecule has 1 aromatic carbocycles. The van der Waals surface area contributed by atoms with Crippen LogP contribution in [0.2, 0.25) is 0 Å². The number of hydrogen-bond acceptors (Lipinski definition) is 3. The molecule has 0 radical (unpaired) electrons. The molecule has 1 aliphatic rings. The molecule has 0 spiro atoms. The molecule has 0 heterocycles. The van der Waals surface area contributed by atoms with Gasteiger partial charge in [-0.2, -0.15) is 0 Å². The molecule has 2 rings (SSSR count). The van der Waals surface area contributed by atoms with Gasteiger partial charge in [0.1, 0.15) is 0 Å². The van der Waals surface area contributed by atoms with E-state index in [-0.39, 0.29) is 5.91 Å². The van der Waals surface area contributed by atoms with Gasteiger partial charge in [-0.3, -0.25) is 4.79 Å². The van der Waals surface area contributed by atoms with Crippen LogP contribution in [0.1, 0.15) is 49.4 Å². The van der Waals surface area contributed by atoms with Crippen molar-refractivity contribution < 1.29 is 19.2 Å². The molecule has 1 aromatic rings. The number of quaternary nitrogens is 1. The number of esters is 1. The molecule has 1 saturated carbocycles. The quantitative estimate of drug-likeness (QED) is 0.784. The highest BCUT2D eigenvalue weighted by Gasteiger charge is 2.24. The van der Waals surface area contributed by atoms with E-state index in [9.17, 15) is 9.59 Å². The van der Waals surface area contributed by atoms with Crippen LogP contribution in [0.15, 0.2) is 24.3 Å². The molecule has 2 N–H and O–H groups in total.